The van der Waals surface area contributed by atoms with Gasteiger partial charge in [-0.15, -0.1) is 0 Å². The van der Waals surface area contributed by atoms with Gasteiger partial charge in [-0.3, -0.25) is 4.68 Å². The van der Waals surface area contributed by atoms with Crippen LogP contribution in [0.15, 0.2) is 30.6 Å². The van der Waals surface area contributed by atoms with Crippen molar-refractivity contribution in [3.8, 4) is 0 Å². The summed E-state index contributed by atoms with van der Waals surface area (Å²) in [6.45, 7) is 0. The van der Waals surface area contributed by atoms with Crippen LogP contribution < -0.4 is 5.73 Å². The molecule has 1 heterocycles. The fourth-order valence-electron chi connectivity index (χ4n) is 2.09. The molecule has 0 aliphatic heterocycles. The maximum Gasteiger partial charge on any atom is 0.126 e. The monoisotopic (exact) mass is 265 g/mol. The number of nitrogens with two attached hydrogens (primary N) is 1. The fourth-order valence-corrected chi connectivity index (χ4v) is 2.09. The molecular weight excluding hydrogens is 248 g/mol. The van der Waals surface area contributed by atoms with Crippen molar-refractivity contribution in [1.82, 2.24) is 9.78 Å². The molecular formula is C14H17F2N3. The topological polar surface area (TPSA) is 43.8 Å². The lowest BCUT2D eigenvalue weighted by atomic mass is 10.0. The van der Waals surface area contributed by atoms with Crippen LogP contribution in [0.1, 0.15) is 17.5 Å². The molecule has 0 bridgehead atoms. The van der Waals surface area contributed by atoms with Gasteiger partial charge in [0, 0.05) is 25.4 Å². The van der Waals surface area contributed by atoms with Gasteiger partial charge in [0.1, 0.15) is 11.6 Å². The summed E-state index contributed by atoms with van der Waals surface area (Å²) in [4.78, 5) is 0. The van der Waals surface area contributed by atoms with Crippen LogP contribution in [0.3, 0.4) is 0 Å². The van der Waals surface area contributed by atoms with Gasteiger partial charge in [-0.25, -0.2) is 8.78 Å². The standard InChI is InChI=1S/C14H17F2N3/c1-19-9-10(8-18-19)2-3-14(17)6-11-4-12(15)7-13(16)5-11/h4-5,7-9,14H,2-3,6,17H2,1H3. The Labute approximate surface area is 111 Å². The molecule has 0 saturated carbocycles. The minimum absolute atomic E-state index is 0.124. The average Bonchev–Trinajstić information content (AvgIpc) is 2.71. The van der Waals surface area contributed by atoms with Crippen LogP contribution in [0.2, 0.25) is 0 Å². The highest BCUT2D eigenvalue weighted by atomic mass is 19.1. The Bertz CT molecular complexity index is 531. The highest BCUT2D eigenvalue weighted by molar-refractivity contribution is 5.19. The van der Waals surface area contributed by atoms with Crippen LogP contribution in [0, 0.1) is 11.6 Å². The zero-order valence-electron chi connectivity index (χ0n) is 10.8. The van der Waals surface area contributed by atoms with Gasteiger partial charge in [-0.05, 0) is 42.5 Å². The lowest BCUT2D eigenvalue weighted by Crippen LogP contribution is -2.23. The Balaban J connectivity index is 1.88. The second-order valence-corrected chi connectivity index (χ2v) is 4.80. The maximum absolute atomic E-state index is 13.0. The van der Waals surface area contributed by atoms with Crippen molar-refractivity contribution in [2.24, 2.45) is 12.8 Å². The summed E-state index contributed by atoms with van der Waals surface area (Å²) >= 11 is 0. The van der Waals surface area contributed by atoms with Crippen molar-refractivity contribution in [2.45, 2.75) is 25.3 Å². The molecule has 1 unspecified atom stereocenters. The summed E-state index contributed by atoms with van der Waals surface area (Å²) in [5.74, 6) is -1.12. The minimum atomic E-state index is -0.561. The average molecular weight is 265 g/mol. The first-order valence-corrected chi connectivity index (χ1v) is 6.21. The van der Waals surface area contributed by atoms with E-state index in [1.165, 1.54) is 12.1 Å². The van der Waals surface area contributed by atoms with Gasteiger partial charge in [0.2, 0.25) is 0 Å². The summed E-state index contributed by atoms with van der Waals surface area (Å²) < 4.78 is 27.8. The summed E-state index contributed by atoms with van der Waals surface area (Å²) in [7, 11) is 1.86. The molecule has 0 spiro atoms. The molecule has 0 aliphatic carbocycles. The second-order valence-electron chi connectivity index (χ2n) is 4.80. The zero-order chi connectivity index (χ0) is 13.8. The maximum atomic E-state index is 13.0. The molecule has 2 N–H and O–H groups in total. The molecule has 2 aromatic rings. The molecule has 0 radical (unpaired) electrons. The Morgan fingerprint density at radius 1 is 1.21 bits per heavy atom. The normalized spacial score (nSPS) is 12.6. The minimum Gasteiger partial charge on any atom is -0.327 e. The van der Waals surface area contributed by atoms with Crippen molar-refractivity contribution in [1.29, 1.82) is 0 Å². The van der Waals surface area contributed by atoms with E-state index in [1.54, 1.807) is 10.9 Å². The molecule has 1 atom stereocenters. The zero-order valence-corrected chi connectivity index (χ0v) is 10.8. The first-order chi connectivity index (χ1) is 9.02. The van der Waals surface area contributed by atoms with Gasteiger partial charge in [0.15, 0.2) is 0 Å². The van der Waals surface area contributed by atoms with Crippen LogP contribution in [-0.2, 0) is 19.9 Å². The number of aryl methyl sites for hydroxylation is 2. The predicted molar refractivity (Wildman–Crippen MR) is 69.6 cm³/mol. The number of hydrogen-bond acceptors (Lipinski definition) is 2. The molecule has 5 heteroatoms. The van der Waals surface area contributed by atoms with Gasteiger partial charge in [0.25, 0.3) is 0 Å². The summed E-state index contributed by atoms with van der Waals surface area (Å²) in [6.07, 6.45) is 5.77. The number of benzene rings is 1. The third kappa shape index (κ3) is 4.13. The van der Waals surface area contributed by atoms with Gasteiger partial charge in [-0.2, -0.15) is 5.10 Å². The van der Waals surface area contributed by atoms with Crippen LogP contribution in [-0.4, -0.2) is 15.8 Å². The lowest BCUT2D eigenvalue weighted by Gasteiger charge is -2.11. The van der Waals surface area contributed by atoms with Crippen molar-refractivity contribution < 1.29 is 8.78 Å². The Kier molecular flexibility index (Phi) is 4.27. The van der Waals surface area contributed by atoms with Crippen LogP contribution in [0.4, 0.5) is 8.78 Å². The summed E-state index contributed by atoms with van der Waals surface area (Å²) in [5, 5.41) is 4.08. The number of nitrogens with zero attached hydrogens (tertiary/aromatic N) is 2. The van der Waals surface area contributed by atoms with E-state index >= 15 is 0 Å². The first kappa shape index (κ1) is 13.7. The van der Waals surface area contributed by atoms with E-state index < -0.39 is 11.6 Å². The van der Waals surface area contributed by atoms with Crippen molar-refractivity contribution >= 4 is 0 Å². The highest BCUT2D eigenvalue weighted by Gasteiger charge is 2.08. The van der Waals surface area contributed by atoms with Gasteiger partial charge in [-0.1, -0.05) is 0 Å². The third-order valence-electron chi connectivity index (χ3n) is 2.98. The van der Waals surface area contributed by atoms with E-state index in [2.05, 4.69) is 5.10 Å². The van der Waals surface area contributed by atoms with Crippen molar-refractivity contribution in [3.63, 3.8) is 0 Å². The van der Waals surface area contributed by atoms with Gasteiger partial charge in [0.05, 0.1) is 6.20 Å². The van der Waals surface area contributed by atoms with Crippen LogP contribution in [0.5, 0.6) is 0 Å². The number of halogens is 2. The van der Waals surface area contributed by atoms with Crippen molar-refractivity contribution in [3.05, 3.63) is 53.4 Å². The largest absolute Gasteiger partial charge is 0.327 e. The van der Waals surface area contributed by atoms with Crippen LogP contribution >= 0.6 is 0 Å². The molecule has 0 fully saturated rings. The molecule has 19 heavy (non-hydrogen) atoms. The predicted octanol–water partition coefficient (Wildman–Crippen LogP) is 2.20. The van der Waals surface area contributed by atoms with E-state index in [0.29, 0.717) is 12.0 Å². The number of aromatic nitrogens is 2. The van der Waals surface area contributed by atoms with Gasteiger partial charge >= 0.3 is 0 Å². The molecule has 2 rings (SSSR count). The Morgan fingerprint density at radius 2 is 1.89 bits per heavy atom. The lowest BCUT2D eigenvalue weighted by molar-refractivity contribution is 0.568. The molecule has 1 aromatic heterocycles. The molecule has 1 aromatic carbocycles. The number of rotatable bonds is 5. The van der Waals surface area contributed by atoms with E-state index in [1.807, 2.05) is 13.2 Å². The summed E-state index contributed by atoms with van der Waals surface area (Å²) in [5.41, 5.74) is 7.70. The van der Waals surface area contributed by atoms with Crippen molar-refractivity contribution in [2.75, 3.05) is 0 Å². The molecule has 0 amide bonds. The fraction of sp³-hybridized carbons (Fsp3) is 0.357. The van der Waals surface area contributed by atoms with Crippen LogP contribution in [0.25, 0.3) is 0 Å². The SMILES string of the molecule is Cn1cc(CCC(N)Cc2cc(F)cc(F)c2)cn1. The van der Waals surface area contributed by atoms with E-state index in [4.69, 9.17) is 5.73 Å². The summed E-state index contributed by atoms with van der Waals surface area (Å²) in [6, 6.07) is 3.39. The van der Waals surface area contributed by atoms with E-state index in [9.17, 15) is 8.78 Å². The number of hydrogen-bond donors (Lipinski definition) is 1. The van der Waals surface area contributed by atoms with E-state index in [0.717, 1.165) is 24.5 Å². The second kappa shape index (κ2) is 5.93. The Hall–Kier alpha value is -1.75. The Morgan fingerprint density at radius 3 is 2.47 bits per heavy atom. The highest BCUT2D eigenvalue weighted by Crippen LogP contribution is 2.12. The molecule has 0 saturated heterocycles. The quantitative estimate of drug-likeness (QED) is 0.900. The molecule has 0 aliphatic rings. The first-order valence-electron chi connectivity index (χ1n) is 6.21. The third-order valence-corrected chi connectivity index (χ3v) is 2.98. The molecule has 3 nitrogen and oxygen atoms in total. The smallest absolute Gasteiger partial charge is 0.126 e. The molecule has 102 valence electrons. The van der Waals surface area contributed by atoms with Gasteiger partial charge < -0.3 is 5.73 Å². The van der Waals surface area contributed by atoms with E-state index in [-0.39, 0.29) is 6.04 Å².